The lowest BCUT2D eigenvalue weighted by molar-refractivity contribution is 0.0995. The summed E-state index contributed by atoms with van der Waals surface area (Å²) in [5.74, 6) is -0.491. The number of rotatable bonds is 5. The van der Waals surface area contributed by atoms with E-state index >= 15 is 0 Å². The van der Waals surface area contributed by atoms with Crippen molar-refractivity contribution in [3.05, 3.63) is 24.0 Å². The standard InChI is InChI=1S/C13H20N4O/c1-2-17-7-3-4-11(17)9-16-10-5-6-15-12(8-10)13(14)18/h5-6,8,11H,2-4,7,9H2,1H3,(H2,14,18)(H,15,16). The topological polar surface area (TPSA) is 71.2 Å². The number of nitrogens with two attached hydrogens (primary N) is 1. The molecule has 3 N–H and O–H groups in total. The van der Waals surface area contributed by atoms with Gasteiger partial charge in [0.1, 0.15) is 5.69 Å². The Hall–Kier alpha value is -1.62. The van der Waals surface area contributed by atoms with Crippen LogP contribution < -0.4 is 11.1 Å². The molecule has 0 spiro atoms. The van der Waals surface area contributed by atoms with Crippen molar-refractivity contribution in [3.8, 4) is 0 Å². The third kappa shape index (κ3) is 2.98. The van der Waals surface area contributed by atoms with E-state index < -0.39 is 5.91 Å². The number of amides is 1. The highest BCUT2D eigenvalue weighted by atomic mass is 16.1. The van der Waals surface area contributed by atoms with Crippen LogP contribution in [0.1, 0.15) is 30.3 Å². The molecule has 0 aromatic carbocycles. The molecule has 1 fully saturated rings. The molecule has 2 rings (SSSR count). The summed E-state index contributed by atoms with van der Waals surface area (Å²) in [6.45, 7) is 5.37. The average Bonchev–Trinajstić information content (AvgIpc) is 2.84. The average molecular weight is 248 g/mol. The number of carbonyl (C=O) groups excluding carboxylic acids is 1. The quantitative estimate of drug-likeness (QED) is 0.818. The number of anilines is 1. The van der Waals surface area contributed by atoms with Gasteiger partial charge in [-0.15, -0.1) is 0 Å². The zero-order valence-corrected chi connectivity index (χ0v) is 10.7. The number of nitrogens with one attached hydrogen (secondary N) is 1. The zero-order valence-electron chi connectivity index (χ0n) is 10.7. The largest absolute Gasteiger partial charge is 0.383 e. The summed E-state index contributed by atoms with van der Waals surface area (Å²) < 4.78 is 0. The van der Waals surface area contributed by atoms with E-state index in [-0.39, 0.29) is 0 Å². The SMILES string of the molecule is CCN1CCCC1CNc1ccnc(C(N)=O)c1. The minimum absolute atomic E-state index is 0.304. The van der Waals surface area contributed by atoms with Crippen molar-refractivity contribution < 1.29 is 4.79 Å². The number of pyridine rings is 1. The molecular formula is C13H20N4O. The fourth-order valence-corrected chi connectivity index (χ4v) is 2.45. The van der Waals surface area contributed by atoms with Gasteiger partial charge in [-0.1, -0.05) is 6.92 Å². The second kappa shape index (κ2) is 5.82. The van der Waals surface area contributed by atoms with E-state index in [9.17, 15) is 4.79 Å². The molecule has 1 aromatic heterocycles. The summed E-state index contributed by atoms with van der Waals surface area (Å²) in [6.07, 6.45) is 4.10. The second-order valence-corrected chi connectivity index (χ2v) is 4.60. The van der Waals surface area contributed by atoms with Gasteiger partial charge < -0.3 is 11.1 Å². The fourth-order valence-electron chi connectivity index (χ4n) is 2.45. The fraction of sp³-hybridized carbons (Fsp3) is 0.538. The molecule has 5 nitrogen and oxygen atoms in total. The maximum Gasteiger partial charge on any atom is 0.267 e. The van der Waals surface area contributed by atoms with Crippen molar-refractivity contribution in [2.45, 2.75) is 25.8 Å². The Balaban J connectivity index is 1.93. The third-order valence-electron chi connectivity index (χ3n) is 3.46. The molecule has 0 aliphatic carbocycles. The third-order valence-corrected chi connectivity index (χ3v) is 3.46. The number of hydrogen-bond donors (Lipinski definition) is 2. The van der Waals surface area contributed by atoms with Crippen LogP contribution in [0.2, 0.25) is 0 Å². The molecule has 98 valence electrons. The first-order valence-electron chi connectivity index (χ1n) is 6.44. The highest BCUT2D eigenvalue weighted by molar-refractivity contribution is 5.91. The molecule has 1 saturated heterocycles. The molecule has 1 aliphatic rings. The summed E-state index contributed by atoms with van der Waals surface area (Å²) in [5, 5.41) is 3.36. The van der Waals surface area contributed by atoms with Crippen LogP contribution in [0.3, 0.4) is 0 Å². The Morgan fingerprint density at radius 1 is 1.67 bits per heavy atom. The van der Waals surface area contributed by atoms with Gasteiger partial charge in [0.25, 0.3) is 5.91 Å². The summed E-state index contributed by atoms with van der Waals surface area (Å²) in [4.78, 5) is 17.4. The van der Waals surface area contributed by atoms with Gasteiger partial charge in [0.15, 0.2) is 0 Å². The van der Waals surface area contributed by atoms with E-state index in [1.165, 1.54) is 19.4 Å². The first-order chi connectivity index (χ1) is 8.70. The lowest BCUT2D eigenvalue weighted by Crippen LogP contribution is -2.34. The first-order valence-corrected chi connectivity index (χ1v) is 6.44. The van der Waals surface area contributed by atoms with E-state index in [1.807, 2.05) is 6.07 Å². The Labute approximate surface area is 107 Å². The smallest absolute Gasteiger partial charge is 0.267 e. The van der Waals surface area contributed by atoms with Gasteiger partial charge in [-0.25, -0.2) is 0 Å². The maximum absolute atomic E-state index is 11.0. The predicted octanol–water partition coefficient (Wildman–Crippen LogP) is 1.08. The second-order valence-electron chi connectivity index (χ2n) is 4.60. The Kier molecular flexibility index (Phi) is 4.15. The number of likely N-dealkylation sites (N-methyl/N-ethyl adjacent to an activating group) is 1. The Bertz CT molecular complexity index is 421. The maximum atomic E-state index is 11.0. The van der Waals surface area contributed by atoms with Gasteiger partial charge in [-0.05, 0) is 38.1 Å². The van der Waals surface area contributed by atoms with Gasteiger partial charge in [0, 0.05) is 24.5 Å². The molecule has 1 amide bonds. The number of nitrogens with zero attached hydrogens (tertiary/aromatic N) is 2. The van der Waals surface area contributed by atoms with Crippen LogP contribution in [-0.2, 0) is 0 Å². The molecule has 0 saturated carbocycles. The van der Waals surface area contributed by atoms with Crippen LogP contribution >= 0.6 is 0 Å². The predicted molar refractivity (Wildman–Crippen MR) is 71.5 cm³/mol. The summed E-state index contributed by atoms with van der Waals surface area (Å²) in [7, 11) is 0. The van der Waals surface area contributed by atoms with Crippen molar-refractivity contribution in [1.29, 1.82) is 0 Å². The molecule has 1 atom stereocenters. The van der Waals surface area contributed by atoms with Gasteiger partial charge in [0.2, 0.25) is 0 Å². The molecule has 1 aromatic rings. The van der Waals surface area contributed by atoms with Crippen LogP contribution in [-0.4, -0.2) is 41.5 Å². The van der Waals surface area contributed by atoms with Crippen LogP contribution in [0.4, 0.5) is 5.69 Å². The van der Waals surface area contributed by atoms with E-state index in [0.29, 0.717) is 11.7 Å². The van der Waals surface area contributed by atoms with Gasteiger partial charge in [-0.3, -0.25) is 14.7 Å². The summed E-state index contributed by atoms with van der Waals surface area (Å²) in [6, 6.07) is 4.14. The molecule has 5 heteroatoms. The monoisotopic (exact) mass is 248 g/mol. The molecular weight excluding hydrogens is 228 g/mol. The molecule has 0 bridgehead atoms. The number of hydrogen-bond acceptors (Lipinski definition) is 4. The van der Waals surface area contributed by atoms with E-state index in [1.54, 1.807) is 12.3 Å². The van der Waals surface area contributed by atoms with Gasteiger partial charge in [0.05, 0.1) is 0 Å². The van der Waals surface area contributed by atoms with Crippen molar-refractivity contribution in [2.24, 2.45) is 5.73 Å². The molecule has 0 radical (unpaired) electrons. The molecule has 18 heavy (non-hydrogen) atoms. The summed E-state index contributed by atoms with van der Waals surface area (Å²) >= 11 is 0. The van der Waals surface area contributed by atoms with Gasteiger partial charge >= 0.3 is 0 Å². The minimum Gasteiger partial charge on any atom is -0.383 e. The molecule has 2 heterocycles. The lowest BCUT2D eigenvalue weighted by atomic mass is 10.2. The zero-order chi connectivity index (χ0) is 13.0. The summed E-state index contributed by atoms with van der Waals surface area (Å²) in [5.41, 5.74) is 6.42. The van der Waals surface area contributed by atoms with Crippen LogP contribution in [0.5, 0.6) is 0 Å². The van der Waals surface area contributed by atoms with Crippen molar-refractivity contribution in [2.75, 3.05) is 25.0 Å². The highest BCUT2D eigenvalue weighted by Crippen LogP contribution is 2.17. The Morgan fingerprint density at radius 3 is 3.22 bits per heavy atom. The van der Waals surface area contributed by atoms with Gasteiger partial charge in [-0.2, -0.15) is 0 Å². The number of carbonyl (C=O) groups is 1. The van der Waals surface area contributed by atoms with Crippen LogP contribution in [0.15, 0.2) is 18.3 Å². The van der Waals surface area contributed by atoms with Crippen molar-refractivity contribution in [3.63, 3.8) is 0 Å². The van der Waals surface area contributed by atoms with E-state index in [0.717, 1.165) is 18.8 Å². The number of likely N-dealkylation sites (tertiary alicyclic amines) is 1. The van der Waals surface area contributed by atoms with E-state index in [4.69, 9.17) is 5.73 Å². The van der Waals surface area contributed by atoms with Crippen LogP contribution in [0, 0.1) is 0 Å². The van der Waals surface area contributed by atoms with Crippen molar-refractivity contribution in [1.82, 2.24) is 9.88 Å². The van der Waals surface area contributed by atoms with E-state index in [2.05, 4.69) is 22.1 Å². The minimum atomic E-state index is -0.491. The highest BCUT2D eigenvalue weighted by Gasteiger charge is 2.22. The lowest BCUT2D eigenvalue weighted by Gasteiger charge is -2.23. The number of aromatic nitrogens is 1. The first kappa shape index (κ1) is 12.8. The molecule has 1 aliphatic heterocycles. The van der Waals surface area contributed by atoms with Crippen LogP contribution in [0.25, 0.3) is 0 Å². The number of primary amides is 1. The Morgan fingerprint density at radius 2 is 2.50 bits per heavy atom. The molecule has 1 unspecified atom stereocenters. The van der Waals surface area contributed by atoms with Crippen molar-refractivity contribution >= 4 is 11.6 Å². The normalized spacial score (nSPS) is 19.9.